The Morgan fingerprint density at radius 3 is 1.00 bits per heavy atom. The highest BCUT2D eigenvalue weighted by Gasteiger charge is 0.733. The fourth-order valence-electron chi connectivity index (χ4n) is 0. The van der Waals surface area contributed by atoms with Gasteiger partial charge in [-0.1, -0.05) is 0 Å². The molecule has 0 saturated heterocycles. The van der Waals surface area contributed by atoms with Crippen LogP contribution in [0.15, 0.2) is 0 Å². The molecule has 0 aromatic carbocycles. The molecule has 0 spiro atoms. The van der Waals surface area contributed by atoms with Crippen LogP contribution < -0.4 is 17.6 Å². The van der Waals surface area contributed by atoms with Gasteiger partial charge in [0, 0.05) is 0 Å². The molecule has 0 aromatic rings. The van der Waals surface area contributed by atoms with Crippen molar-refractivity contribution in [1.29, 1.82) is 0 Å². The molecule has 0 atom stereocenters. The molecule has 0 rings (SSSR count). The van der Waals surface area contributed by atoms with E-state index in [1.54, 1.807) is 0 Å². The molecule has 0 unspecified atom stereocenters. The van der Waals surface area contributed by atoms with Crippen LogP contribution in [0.1, 0.15) is 0 Å². The third kappa shape index (κ3) is 1110. The number of hydrazine groups is 1. The van der Waals surface area contributed by atoms with Crippen molar-refractivity contribution < 1.29 is 5.21 Å². The van der Waals surface area contributed by atoms with E-state index in [2.05, 4.69) is 17.6 Å². The molecule has 0 amide bonds. The second-order valence-corrected chi connectivity index (χ2v) is 0. The quantitative estimate of drug-likeness (QED) is 0.222. The molecular weight excluding hydrogens is 93.5 g/mol. The predicted octanol–water partition coefficient (Wildman–Crippen LogP) is -1.43. The largest absolute Gasteiger partial charge is 0.320 e. The predicted molar refractivity (Wildman–Crippen MR) is 21.6 cm³/mol. The zero-order chi connectivity index (χ0) is 4.00. The lowest BCUT2D eigenvalue weighted by atomic mass is 13.0. The van der Waals surface area contributed by atoms with Crippen LogP contribution in [0.4, 0.5) is 0 Å². The van der Waals surface area contributed by atoms with E-state index in [0.717, 1.165) is 0 Å². The highest BCUT2D eigenvalue weighted by molar-refractivity contribution is 5.85. The molecule has 36 valence electrons. The zero-order valence-corrected chi connectivity index (χ0v) is 3.40. The Balaban J connectivity index is -0.0000000133. The summed E-state index contributed by atoms with van der Waals surface area (Å²) in [7, 11) is 0. The highest BCUT2D eigenvalue weighted by Crippen LogP contribution is 0.690. The van der Waals surface area contributed by atoms with Crippen LogP contribution in [0.5, 0.6) is 0 Å². The van der Waals surface area contributed by atoms with Crippen LogP contribution in [-0.4, -0.2) is 5.21 Å². The highest BCUT2D eigenvalue weighted by atomic mass is 35.5. The Labute approximate surface area is 36.3 Å². The Hall–Kier alpha value is 0.130. The second-order valence-electron chi connectivity index (χ2n) is 0. The first-order valence-electron chi connectivity index (χ1n) is 0.592. The molecule has 5 heteroatoms. The van der Waals surface area contributed by atoms with E-state index in [-0.39, 0.29) is 12.4 Å². The van der Waals surface area contributed by atoms with E-state index in [1.165, 1.54) is 0 Å². The summed E-state index contributed by atoms with van der Waals surface area (Å²) in [6.07, 6.45) is 0. The lowest BCUT2D eigenvalue weighted by molar-refractivity contribution is 0.311. The van der Waals surface area contributed by atoms with Crippen molar-refractivity contribution in [2.45, 2.75) is 0 Å². The third-order valence-corrected chi connectivity index (χ3v) is 0. The number of rotatable bonds is 0. The van der Waals surface area contributed by atoms with Gasteiger partial charge in [-0.05, 0) is 0 Å². The van der Waals surface area contributed by atoms with E-state index in [0.29, 0.717) is 0 Å². The summed E-state index contributed by atoms with van der Waals surface area (Å²) in [4.78, 5) is 0. The average Bonchev–Trinajstić information content (AvgIpc) is 1.50. The second kappa shape index (κ2) is 2390. The molecule has 0 aliphatic carbocycles. The van der Waals surface area contributed by atoms with Gasteiger partial charge in [-0.15, -0.1) is 12.4 Å². The van der Waals surface area contributed by atoms with Gasteiger partial charge in [0.25, 0.3) is 0 Å². The van der Waals surface area contributed by atoms with Gasteiger partial charge in [0.1, 0.15) is 0 Å². The van der Waals surface area contributed by atoms with Crippen molar-refractivity contribution in [3.8, 4) is 0 Å². The number of nitrogens with two attached hydrogens (primary N) is 3. The van der Waals surface area contributed by atoms with Crippen LogP contribution in [-0.2, 0) is 0 Å². The summed E-state index contributed by atoms with van der Waals surface area (Å²) < 4.78 is 0. The molecule has 0 saturated carbocycles. The van der Waals surface area contributed by atoms with E-state index in [1.807, 2.05) is 0 Å². The summed E-state index contributed by atoms with van der Waals surface area (Å²) in [6, 6.07) is 0. The minimum atomic E-state index is 0. The van der Waals surface area contributed by atoms with Gasteiger partial charge in [-0.2, -0.15) is 0 Å². The summed E-state index contributed by atoms with van der Waals surface area (Å²) >= 11 is 0. The van der Waals surface area contributed by atoms with Crippen LogP contribution in [0.25, 0.3) is 0 Å². The van der Waals surface area contributed by atoms with Crippen molar-refractivity contribution in [3.63, 3.8) is 0 Å². The van der Waals surface area contributed by atoms with Gasteiger partial charge in [0.2, 0.25) is 0 Å². The smallest absolute Gasteiger partial charge is 0.147 e. The summed E-state index contributed by atoms with van der Waals surface area (Å²) in [5, 5.41) is 6.50. The van der Waals surface area contributed by atoms with Crippen molar-refractivity contribution in [2.75, 3.05) is 0 Å². The molecule has 0 aliphatic rings. The van der Waals surface area contributed by atoms with Gasteiger partial charge < -0.3 is 5.21 Å². The molecular formula is H8ClN3O. The van der Waals surface area contributed by atoms with Gasteiger partial charge in [-0.25, -0.2) is 5.90 Å². The molecule has 0 fully saturated rings. The maximum absolute atomic E-state index is 6.50. The zero-order valence-electron chi connectivity index (χ0n) is 2.59. The maximum Gasteiger partial charge on any atom is -0.147 e. The Morgan fingerprint density at radius 1 is 1.00 bits per heavy atom. The standard InChI is InChI=1S/ClH.H4N2.H3NO/c;2*1-2/h1H;1-2H2;2H,1H2. The van der Waals surface area contributed by atoms with Crippen LogP contribution >= 0.6 is 12.4 Å². The molecule has 0 heterocycles. The van der Waals surface area contributed by atoms with Crippen molar-refractivity contribution >= 4 is 12.4 Å². The van der Waals surface area contributed by atoms with Crippen molar-refractivity contribution in [2.24, 2.45) is 17.6 Å². The molecule has 5 heavy (non-hydrogen) atoms. The average molecular weight is 102 g/mol. The lowest BCUT2D eigenvalue weighted by Gasteiger charge is -1.27. The number of hydrogen-bond donors (Lipinski definition) is 4. The minimum Gasteiger partial charge on any atom is -0.320 e. The van der Waals surface area contributed by atoms with E-state index < -0.39 is 0 Å². The number of halogens is 1. The Morgan fingerprint density at radius 2 is 1.00 bits per heavy atom. The molecule has 0 aliphatic heterocycles. The number of hydrogen-bond acceptors (Lipinski definition) is 4. The summed E-state index contributed by atoms with van der Waals surface area (Å²) in [5.74, 6) is 11.5. The fraction of sp³-hybridized carbons (Fsp3) is 0. The normalized spacial score (nSPS) is 2.40. The van der Waals surface area contributed by atoms with Crippen molar-refractivity contribution in [3.05, 3.63) is 0 Å². The lowest BCUT2D eigenvalue weighted by Crippen LogP contribution is -2.02. The molecule has 4 nitrogen and oxygen atoms in total. The van der Waals surface area contributed by atoms with Gasteiger partial charge >= 0.3 is 0 Å². The fourth-order valence-corrected chi connectivity index (χ4v) is 0. The van der Waals surface area contributed by atoms with Crippen LogP contribution in [0.2, 0.25) is 0 Å². The first-order valence-corrected chi connectivity index (χ1v) is 0.592. The van der Waals surface area contributed by atoms with Crippen LogP contribution in [0, 0.1) is 0 Å². The topological polar surface area (TPSA) is 98.3 Å². The monoisotopic (exact) mass is 101 g/mol. The van der Waals surface area contributed by atoms with Gasteiger partial charge in [0.05, 0.1) is 0 Å². The molecule has 0 bridgehead atoms. The molecule has 7 N–H and O–H groups in total. The summed E-state index contributed by atoms with van der Waals surface area (Å²) in [6.45, 7) is 0. The molecule has 0 aromatic heterocycles. The first-order chi connectivity index (χ1) is 2.00. The van der Waals surface area contributed by atoms with E-state index in [9.17, 15) is 0 Å². The Bertz CT molecular complexity index is 6.85. The first kappa shape index (κ1) is 19.3. The van der Waals surface area contributed by atoms with E-state index in [4.69, 9.17) is 5.21 Å². The maximum atomic E-state index is 6.50. The van der Waals surface area contributed by atoms with Crippen molar-refractivity contribution in [1.82, 2.24) is 0 Å². The molecule has 0 radical (unpaired) electrons. The van der Waals surface area contributed by atoms with Gasteiger partial charge in [0.15, 0.2) is 0 Å². The Kier molecular flexibility index (Phi) is 9240. The third-order valence-electron chi connectivity index (χ3n) is 0. The minimum absolute atomic E-state index is 0. The summed E-state index contributed by atoms with van der Waals surface area (Å²) in [5.41, 5.74) is 0. The van der Waals surface area contributed by atoms with Crippen LogP contribution in [0.3, 0.4) is 0 Å². The SMILES string of the molecule is Cl.NN.NO. The van der Waals surface area contributed by atoms with Gasteiger partial charge in [-0.3, -0.25) is 11.7 Å². The van der Waals surface area contributed by atoms with E-state index >= 15 is 0 Å².